The fraction of sp³-hybridized carbons (Fsp3) is 0.350. The minimum atomic E-state index is -0.402. The highest BCUT2D eigenvalue weighted by atomic mass is 35.5. The monoisotopic (exact) mass is 375 g/mol. The molecule has 0 spiro atoms. The van der Waals surface area contributed by atoms with Crippen molar-refractivity contribution in [3.05, 3.63) is 53.1 Å². The summed E-state index contributed by atoms with van der Waals surface area (Å²) >= 11 is 6.05. The Hall–Kier alpha value is -2.40. The first-order chi connectivity index (χ1) is 12.4. The zero-order valence-electron chi connectivity index (χ0n) is 15.0. The molecule has 2 aromatic rings. The third-order valence-electron chi connectivity index (χ3n) is 4.21. The van der Waals surface area contributed by atoms with Crippen molar-refractivity contribution in [3.63, 3.8) is 0 Å². The molecule has 0 saturated heterocycles. The lowest BCUT2D eigenvalue weighted by atomic mass is 9.89. The molecule has 1 aliphatic heterocycles. The van der Waals surface area contributed by atoms with E-state index in [0.29, 0.717) is 22.9 Å². The van der Waals surface area contributed by atoms with Crippen LogP contribution >= 0.6 is 11.6 Å². The van der Waals surface area contributed by atoms with Crippen molar-refractivity contribution in [3.8, 4) is 17.2 Å². The van der Waals surface area contributed by atoms with E-state index in [2.05, 4.69) is 5.32 Å². The molecule has 138 valence electrons. The molecular weight excluding hydrogens is 354 g/mol. The Morgan fingerprint density at radius 1 is 1.31 bits per heavy atom. The summed E-state index contributed by atoms with van der Waals surface area (Å²) < 4.78 is 16.8. The minimum Gasteiger partial charge on any atom is -0.497 e. The first kappa shape index (κ1) is 18.4. The predicted octanol–water partition coefficient (Wildman–Crippen LogP) is 4.15. The predicted molar refractivity (Wildman–Crippen MR) is 100 cm³/mol. The molecule has 0 aliphatic carbocycles. The SMILES string of the molecule is COc1ccc2c(c1)OC(C)(C)CC2NC(=O)COc1ccccc1Cl. The van der Waals surface area contributed by atoms with Crippen LogP contribution in [0.25, 0.3) is 0 Å². The molecule has 1 heterocycles. The second-order valence-electron chi connectivity index (χ2n) is 6.81. The normalized spacial score (nSPS) is 17.6. The fourth-order valence-electron chi connectivity index (χ4n) is 3.03. The van der Waals surface area contributed by atoms with Gasteiger partial charge >= 0.3 is 0 Å². The summed E-state index contributed by atoms with van der Waals surface area (Å²) in [4.78, 5) is 12.4. The number of ether oxygens (including phenoxy) is 3. The van der Waals surface area contributed by atoms with Crippen molar-refractivity contribution in [2.24, 2.45) is 0 Å². The standard InChI is InChI=1S/C20H22ClNO4/c1-20(2)11-16(14-9-8-13(24-3)10-18(14)26-20)22-19(23)12-25-17-7-5-4-6-15(17)21/h4-10,16H,11-12H2,1-3H3,(H,22,23). The van der Waals surface area contributed by atoms with Gasteiger partial charge in [0.25, 0.3) is 5.91 Å². The molecule has 2 aromatic carbocycles. The molecule has 26 heavy (non-hydrogen) atoms. The molecule has 1 unspecified atom stereocenters. The van der Waals surface area contributed by atoms with E-state index in [1.807, 2.05) is 44.2 Å². The van der Waals surface area contributed by atoms with E-state index in [1.54, 1.807) is 19.2 Å². The van der Waals surface area contributed by atoms with Crippen molar-refractivity contribution in [2.45, 2.75) is 31.9 Å². The number of hydrogen-bond acceptors (Lipinski definition) is 4. The van der Waals surface area contributed by atoms with Crippen LogP contribution in [0.5, 0.6) is 17.2 Å². The summed E-state index contributed by atoms with van der Waals surface area (Å²) in [6.45, 7) is 3.89. The Balaban J connectivity index is 1.71. The van der Waals surface area contributed by atoms with Crippen LogP contribution in [0.1, 0.15) is 31.9 Å². The van der Waals surface area contributed by atoms with Gasteiger partial charge in [0.15, 0.2) is 6.61 Å². The van der Waals surface area contributed by atoms with E-state index in [-0.39, 0.29) is 18.6 Å². The summed E-state index contributed by atoms with van der Waals surface area (Å²) in [5.74, 6) is 1.71. The number of fused-ring (bicyclic) bond motifs is 1. The number of methoxy groups -OCH3 is 1. The molecule has 0 saturated carbocycles. The Kier molecular flexibility index (Phi) is 5.28. The van der Waals surface area contributed by atoms with Crippen LogP contribution in [0.2, 0.25) is 5.02 Å². The fourth-order valence-corrected chi connectivity index (χ4v) is 3.22. The number of para-hydroxylation sites is 1. The Bertz CT molecular complexity index is 806. The zero-order valence-corrected chi connectivity index (χ0v) is 15.8. The smallest absolute Gasteiger partial charge is 0.258 e. The van der Waals surface area contributed by atoms with E-state index < -0.39 is 5.60 Å². The molecule has 0 fully saturated rings. The van der Waals surface area contributed by atoms with E-state index in [1.165, 1.54) is 0 Å². The van der Waals surface area contributed by atoms with E-state index >= 15 is 0 Å². The summed E-state index contributed by atoms with van der Waals surface area (Å²) in [5, 5.41) is 3.51. The van der Waals surface area contributed by atoms with Gasteiger partial charge in [0.1, 0.15) is 22.8 Å². The third-order valence-corrected chi connectivity index (χ3v) is 4.52. The van der Waals surface area contributed by atoms with Gasteiger partial charge < -0.3 is 19.5 Å². The lowest BCUT2D eigenvalue weighted by Gasteiger charge is -2.38. The highest BCUT2D eigenvalue weighted by molar-refractivity contribution is 6.32. The highest BCUT2D eigenvalue weighted by Gasteiger charge is 2.34. The number of carbonyl (C=O) groups excluding carboxylic acids is 1. The maximum atomic E-state index is 12.4. The Morgan fingerprint density at radius 2 is 2.08 bits per heavy atom. The van der Waals surface area contributed by atoms with Gasteiger partial charge in [0.2, 0.25) is 0 Å². The molecule has 6 heteroatoms. The van der Waals surface area contributed by atoms with Crippen LogP contribution in [-0.2, 0) is 4.79 Å². The molecule has 1 atom stereocenters. The summed E-state index contributed by atoms with van der Waals surface area (Å²) in [6.07, 6.45) is 0.657. The number of rotatable bonds is 5. The van der Waals surface area contributed by atoms with Crippen LogP contribution in [0.3, 0.4) is 0 Å². The minimum absolute atomic E-state index is 0.104. The van der Waals surface area contributed by atoms with Crippen LogP contribution in [0.15, 0.2) is 42.5 Å². The molecule has 1 N–H and O–H groups in total. The van der Waals surface area contributed by atoms with Gasteiger partial charge in [0, 0.05) is 18.1 Å². The van der Waals surface area contributed by atoms with Crippen molar-refractivity contribution in [1.82, 2.24) is 5.32 Å². The summed E-state index contributed by atoms with van der Waals surface area (Å²) in [6, 6.07) is 12.5. The summed E-state index contributed by atoms with van der Waals surface area (Å²) in [5.41, 5.74) is 0.525. The second kappa shape index (κ2) is 7.46. The second-order valence-corrected chi connectivity index (χ2v) is 7.22. The van der Waals surface area contributed by atoms with Gasteiger partial charge in [-0.1, -0.05) is 23.7 Å². The van der Waals surface area contributed by atoms with Gasteiger partial charge in [-0.05, 0) is 38.1 Å². The van der Waals surface area contributed by atoms with Crippen molar-refractivity contribution in [2.75, 3.05) is 13.7 Å². The molecule has 1 aliphatic rings. The van der Waals surface area contributed by atoms with Gasteiger partial charge in [-0.3, -0.25) is 4.79 Å². The van der Waals surface area contributed by atoms with Gasteiger partial charge in [-0.25, -0.2) is 0 Å². The number of nitrogens with one attached hydrogen (secondary N) is 1. The third kappa shape index (κ3) is 4.22. The average molecular weight is 376 g/mol. The van der Waals surface area contributed by atoms with Crippen molar-refractivity contribution >= 4 is 17.5 Å². The average Bonchev–Trinajstić information content (AvgIpc) is 2.59. The first-order valence-electron chi connectivity index (χ1n) is 8.41. The van der Waals surface area contributed by atoms with Gasteiger partial charge in [0.05, 0.1) is 18.2 Å². The van der Waals surface area contributed by atoms with Crippen molar-refractivity contribution in [1.29, 1.82) is 0 Å². The van der Waals surface area contributed by atoms with Gasteiger partial charge in [-0.15, -0.1) is 0 Å². The first-order valence-corrected chi connectivity index (χ1v) is 8.79. The summed E-state index contributed by atoms with van der Waals surface area (Å²) in [7, 11) is 1.61. The molecule has 0 aromatic heterocycles. The van der Waals surface area contributed by atoms with E-state index in [0.717, 1.165) is 11.3 Å². The maximum Gasteiger partial charge on any atom is 0.258 e. The van der Waals surface area contributed by atoms with Crippen LogP contribution < -0.4 is 19.5 Å². The molecule has 3 rings (SSSR count). The molecule has 1 amide bonds. The molecule has 5 nitrogen and oxygen atoms in total. The molecule has 0 bridgehead atoms. The van der Waals surface area contributed by atoms with Crippen LogP contribution in [-0.4, -0.2) is 25.2 Å². The number of halogens is 1. The number of hydrogen-bond donors (Lipinski definition) is 1. The molecular formula is C20H22ClNO4. The van der Waals surface area contributed by atoms with Gasteiger partial charge in [-0.2, -0.15) is 0 Å². The zero-order chi connectivity index (χ0) is 18.7. The number of carbonyl (C=O) groups is 1. The highest BCUT2D eigenvalue weighted by Crippen LogP contribution is 2.41. The molecule has 0 radical (unpaired) electrons. The Labute approximate surface area is 158 Å². The quantitative estimate of drug-likeness (QED) is 0.853. The van der Waals surface area contributed by atoms with Crippen LogP contribution in [0, 0.1) is 0 Å². The van der Waals surface area contributed by atoms with Crippen molar-refractivity contribution < 1.29 is 19.0 Å². The topological polar surface area (TPSA) is 56.8 Å². The van der Waals surface area contributed by atoms with Crippen LogP contribution in [0.4, 0.5) is 0 Å². The number of benzene rings is 2. The Morgan fingerprint density at radius 3 is 2.81 bits per heavy atom. The largest absolute Gasteiger partial charge is 0.497 e. The van der Waals surface area contributed by atoms with E-state index in [4.69, 9.17) is 25.8 Å². The lowest BCUT2D eigenvalue weighted by molar-refractivity contribution is -0.124. The maximum absolute atomic E-state index is 12.4. The van der Waals surface area contributed by atoms with E-state index in [9.17, 15) is 4.79 Å². The number of amides is 1. The lowest BCUT2D eigenvalue weighted by Crippen LogP contribution is -2.42.